The van der Waals surface area contributed by atoms with E-state index in [0.717, 1.165) is 0 Å². The lowest BCUT2D eigenvalue weighted by molar-refractivity contribution is -0.142. The van der Waals surface area contributed by atoms with Crippen LogP contribution in [0.2, 0.25) is 0 Å². The highest BCUT2D eigenvalue weighted by molar-refractivity contribution is 5.78. The fraction of sp³-hybridized carbons (Fsp3) is 0.462. The molecule has 1 fully saturated rings. The summed E-state index contributed by atoms with van der Waals surface area (Å²) in [5, 5.41) is 0. The van der Waals surface area contributed by atoms with E-state index >= 15 is 0 Å². The zero-order valence-corrected chi connectivity index (χ0v) is 9.84. The molecular weight excluding hydrogens is 216 g/mol. The van der Waals surface area contributed by atoms with Gasteiger partial charge in [0.25, 0.3) is 0 Å². The lowest BCUT2D eigenvalue weighted by Crippen LogP contribution is -2.44. The SMILES string of the molecule is NCC(CN1CCOCC1=O)c1ccccc1. The van der Waals surface area contributed by atoms with Crippen molar-refractivity contribution in [1.82, 2.24) is 4.90 Å². The van der Waals surface area contributed by atoms with Crippen LogP contribution in [0.15, 0.2) is 30.3 Å². The van der Waals surface area contributed by atoms with E-state index in [2.05, 4.69) is 12.1 Å². The molecule has 4 nitrogen and oxygen atoms in total. The van der Waals surface area contributed by atoms with Gasteiger partial charge in [-0.1, -0.05) is 30.3 Å². The van der Waals surface area contributed by atoms with Crippen molar-refractivity contribution in [2.75, 3.05) is 32.8 Å². The van der Waals surface area contributed by atoms with Crippen LogP contribution in [0.25, 0.3) is 0 Å². The fourth-order valence-corrected chi connectivity index (χ4v) is 2.05. The summed E-state index contributed by atoms with van der Waals surface area (Å²) in [7, 11) is 0. The van der Waals surface area contributed by atoms with Gasteiger partial charge in [0.2, 0.25) is 5.91 Å². The third-order valence-corrected chi connectivity index (χ3v) is 3.08. The van der Waals surface area contributed by atoms with Crippen LogP contribution in [0, 0.1) is 0 Å². The van der Waals surface area contributed by atoms with E-state index in [0.29, 0.717) is 26.2 Å². The van der Waals surface area contributed by atoms with Crippen LogP contribution < -0.4 is 5.73 Å². The Morgan fingerprint density at radius 3 is 2.76 bits per heavy atom. The van der Waals surface area contributed by atoms with Crippen LogP contribution in [0.1, 0.15) is 11.5 Å². The molecule has 0 saturated carbocycles. The van der Waals surface area contributed by atoms with Crippen LogP contribution >= 0.6 is 0 Å². The van der Waals surface area contributed by atoms with Crippen molar-refractivity contribution in [2.45, 2.75) is 5.92 Å². The van der Waals surface area contributed by atoms with Gasteiger partial charge in [0.15, 0.2) is 0 Å². The summed E-state index contributed by atoms with van der Waals surface area (Å²) in [5.41, 5.74) is 6.99. The molecule has 4 heteroatoms. The Morgan fingerprint density at radius 1 is 1.35 bits per heavy atom. The average molecular weight is 234 g/mol. The number of carbonyl (C=O) groups is 1. The van der Waals surface area contributed by atoms with Gasteiger partial charge in [0.05, 0.1) is 6.61 Å². The molecule has 17 heavy (non-hydrogen) atoms. The molecule has 2 rings (SSSR count). The van der Waals surface area contributed by atoms with Crippen molar-refractivity contribution in [3.8, 4) is 0 Å². The number of nitrogens with two attached hydrogens (primary N) is 1. The van der Waals surface area contributed by atoms with Crippen LogP contribution in [0.4, 0.5) is 0 Å². The number of benzene rings is 1. The molecule has 0 bridgehead atoms. The van der Waals surface area contributed by atoms with Crippen LogP contribution in [-0.2, 0) is 9.53 Å². The number of morpholine rings is 1. The minimum absolute atomic E-state index is 0.0608. The van der Waals surface area contributed by atoms with Gasteiger partial charge >= 0.3 is 0 Å². The zero-order valence-electron chi connectivity index (χ0n) is 9.84. The van der Waals surface area contributed by atoms with Gasteiger partial charge in [0, 0.05) is 25.6 Å². The smallest absolute Gasteiger partial charge is 0.248 e. The number of hydrogen-bond acceptors (Lipinski definition) is 3. The number of hydrogen-bond donors (Lipinski definition) is 1. The molecule has 0 radical (unpaired) electrons. The number of nitrogens with zero attached hydrogens (tertiary/aromatic N) is 1. The molecule has 92 valence electrons. The number of amides is 1. The number of ether oxygens (including phenoxy) is 1. The lowest BCUT2D eigenvalue weighted by Gasteiger charge is -2.30. The standard InChI is InChI=1S/C13H18N2O2/c14-8-12(11-4-2-1-3-5-11)9-15-6-7-17-10-13(15)16/h1-5,12H,6-10,14H2. The Kier molecular flexibility index (Phi) is 4.12. The fourth-order valence-electron chi connectivity index (χ4n) is 2.05. The molecule has 0 aliphatic carbocycles. The Balaban J connectivity index is 2.02. The molecule has 0 spiro atoms. The molecule has 2 N–H and O–H groups in total. The first kappa shape index (κ1) is 12.1. The number of carbonyl (C=O) groups excluding carboxylic acids is 1. The second-order valence-electron chi connectivity index (χ2n) is 4.24. The summed E-state index contributed by atoms with van der Waals surface area (Å²) in [6, 6.07) is 10.1. The molecule has 1 aliphatic heterocycles. The highest BCUT2D eigenvalue weighted by atomic mass is 16.5. The first-order valence-electron chi connectivity index (χ1n) is 5.92. The molecule has 1 saturated heterocycles. The Morgan fingerprint density at radius 2 is 2.12 bits per heavy atom. The first-order chi connectivity index (χ1) is 8.31. The maximum absolute atomic E-state index is 11.6. The maximum Gasteiger partial charge on any atom is 0.248 e. The summed E-state index contributed by atoms with van der Waals surface area (Å²) in [5.74, 6) is 0.267. The molecular formula is C13H18N2O2. The lowest BCUT2D eigenvalue weighted by atomic mass is 9.98. The summed E-state index contributed by atoms with van der Waals surface area (Å²) < 4.78 is 5.11. The molecule has 0 aromatic heterocycles. The molecule has 1 aromatic rings. The highest BCUT2D eigenvalue weighted by Crippen LogP contribution is 2.16. The van der Waals surface area contributed by atoms with Crippen LogP contribution in [0.3, 0.4) is 0 Å². The second-order valence-corrected chi connectivity index (χ2v) is 4.24. The van der Waals surface area contributed by atoms with E-state index in [1.165, 1.54) is 5.56 Å². The van der Waals surface area contributed by atoms with Crippen LogP contribution in [0.5, 0.6) is 0 Å². The molecule has 1 aromatic carbocycles. The topological polar surface area (TPSA) is 55.6 Å². The summed E-state index contributed by atoms with van der Waals surface area (Å²) in [6.45, 7) is 2.73. The predicted octanol–water partition coefficient (Wildman–Crippen LogP) is 0.588. The van der Waals surface area contributed by atoms with Gasteiger partial charge in [0.1, 0.15) is 6.61 Å². The van der Waals surface area contributed by atoms with Gasteiger partial charge in [-0.15, -0.1) is 0 Å². The van der Waals surface area contributed by atoms with Crippen molar-refractivity contribution < 1.29 is 9.53 Å². The van der Waals surface area contributed by atoms with Crippen molar-refractivity contribution >= 4 is 5.91 Å². The third kappa shape index (κ3) is 3.05. The Labute approximate surface area is 101 Å². The van der Waals surface area contributed by atoms with Gasteiger partial charge in [-0.05, 0) is 5.56 Å². The molecule has 1 unspecified atom stereocenters. The van der Waals surface area contributed by atoms with Gasteiger partial charge in [-0.3, -0.25) is 4.79 Å². The van der Waals surface area contributed by atoms with E-state index in [-0.39, 0.29) is 18.4 Å². The van der Waals surface area contributed by atoms with E-state index < -0.39 is 0 Å². The quantitative estimate of drug-likeness (QED) is 0.829. The Hall–Kier alpha value is -1.39. The minimum Gasteiger partial charge on any atom is -0.370 e. The average Bonchev–Trinajstić information content (AvgIpc) is 2.39. The summed E-state index contributed by atoms with van der Waals surface area (Å²) in [6.07, 6.45) is 0. The van der Waals surface area contributed by atoms with Gasteiger partial charge in [-0.2, -0.15) is 0 Å². The predicted molar refractivity (Wildman–Crippen MR) is 65.6 cm³/mol. The molecule has 1 amide bonds. The largest absolute Gasteiger partial charge is 0.370 e. The van der Waals surface area contributed by atoms with E-state index in [4.69, 9.17) is 10.5 Å². The minimum atomic E-state index is 0.0608. The van der Waals surface area contributed by atoms with E-state index in [9.17, 15) is 4.79 Å². The molecule has 1 heterocycles. The third-order valence-electron chi connectivity index (χ3n) is 3.08. The van der Waals surface area contributed by atoms with Crippen molar-refractivity contribution in [3.05, 3.63) is 35.9 Å². The van der Waals surface area contributed by atoms with Gasteiger partial charge in [-0.25, -0.2) is 0 Å². The van der Waals surface area contributed by atoms with Crippen molar-refractivity contribution in [1.29, 1.82) is 0 Å². The normalized spacial score (nSPS) is 18.2. The highest BCUT2D eigenvalue weighted by Gasteiger charge is 2.22. The molecule has 1 aliphatic rings. The van der Waals surface area contributed by atoms with E-state index in [1.54, 1.807) is 0 Å². The van der Waals surface area contributed by atoms with Crippen LogP contribution in [-0.4, -0.2) is 43.7 Å². The van der Waals surface area contributed by atoms with Gasteiger partial charge < -0.3 is 15.4 Å². The van der Waals surface area contributed by atoms with Crippen molar-refractivity contribution in [2.24, 2.45) is 5.73 Å². The second kappa shape index (κ2) is 5.80. The van der Waals surface area contributed by atoms with E-state index in [1.807, 2.05) is 23.1 Å². The Bertz CT molecular complexity index is 367. The number of rotatable bonds is 4. The summed E-state index contributed by atoms with van der Waals surface area (Å²) in [4.78, 5) is 13.5. The first-order valence-corrected chi connectivity index (χ1v) is 5.92. The molecule has 1 atom stereocenters. The van der Waals surface area contributed by atoms with Crippen molar-refractivity contribution in [3.63, 3.8) is 0 Å². The maximum atomic E-state index is 11.6. The zero-order chi connectivity index (χ0) is 12.1. The monoisotopic (exact) mass is 234 g/mol. The summed E-state index contributed by atoms with van der Waals surface area (Å²) >= 11 is 0.